The average Bonchev–Trinajstić information content (AvgIpc) is 3.71. The molecule has 2 atom stereocenters. The number of amides is 4. The van der Waals surface area contributed by atoms with Gasteiger partial charge in [0, 0.05) is 65.2 Å². The predicted octanol–water partition coefficient (Wildman–Crippen LogP) is 12.1. The van der Waals surface area contributed by atoms with E-state index in [0.29, 0.717) is 39.0 Å². The molecule has 364 valence electrons. The van der Waals surface area contributed by atoms with Gasteiger partial charge in [0.25, 0.3) is 0 Å². The van der Waals surface area contributed by atoms with Crippen molar-refractivity contribution < 1.29 is 19.2 Å². The maximum absolute atomic E-state index is 12.9. The standard InChI is InChI=1S/C54H99N5O4/c1-3-5-7-9-11-13-15-17-19-21-22-24-26-28-30-32-34-36-38-50-48-52(61)59(54(50)63)46-44-57-42-40-55-39-41-56-43-45-58-51(60)47-49(53(58)62)37-35-33-31-29-27-25-23-20-18-16-14-12-10-8-6-4-2/h35-38,49-50,55-57H,3-34,39-48H2,1-2H3. The fraction of sp³-hybridized carbons (Fsp3) is 0.852. The lowest BCUT2D eigenvalue weighted by Crippen LogP contribution is -2.40. The van der Waals surface area contributed by atoms with Crippen molar-refractivity contribution in [3.8, 4) is 0 Å². The Balaban J connectivity index is 1.36. The quantitative estimate of drug-likeness (QED) is 0.0317. The molecule has 2 aliphatic heterocycles. The fourth-order valence-electron chi connectivity index (χ4n) is 9.09. The Hall–Kier alpha value is -2.36. The number of allylic oxidation sites excluding steroid dienone is 2. The van der Waals surface area contributed by atoms with Gasteiger partial charge in [0.2, 0.25) is 23.6 Å². The van der Waals surface area contributed by atoms with Crippen molar-refractivity contribution in [2.75, 3.05) is 52.4 Å². The summed E-state index contributed by atoms with van der Waals surface area (Å²) in [4.78, 5) is 53.6. The van der Waals surface area contributed by atoms with E-state index in [9.17, 15) is 19.2 Å². The molecule has 4 amide bonds. The number of carbonyl (C=O) groups is 4. The monoisotopic (exact) mass is 882 g/mol. The number of hydrogen-bond acceptors (Lipinski definition) is 7. The van der Waals surface area contributed by atoms with Crippen molar-refractivity contribution in [1.82, 2.24) is 25.8 Å². The number of imide groups is 2. The molecule has 2 fully saturated rings. The predicted molar refractivity (Wildman–Crippen MR) is 266 cm³/mol. The summed E-state index contributed by atoms with van der Waals surface area (Å²) in [7, 11) is 0. The van der Waals surface area contributed by atoms with Gasteiger partial charge >= 0.3 is 0 Å². The molecule has 2 heterocycles. The van der Waals surface area contributed by atoms with Gasteiger partial charge in [-0.05, 0) is 25.7 Å². The Labute approximate surface area is 388 Å². The summed E-state index contributed by atoms with van der Waals surface area (Å²) in [6.07, 6.45) is 51.5. The number of unbranched alkanes of at least 4 members (excludes halogenated alkanes) is 30. The van der Waals surface area contributed by atoms with E-state index in [-0.39, 0.29) is 35.5 Å². The summed E-state index contributed by atoms with van der Waals surface area (Å²) in [5.41, 5.74) is 0. The third-order valence-corrected chi connectivity index (χ3v) is 13.2. The molecule has 2 saturated heterocycles. The number of hydrogen-bond donors (Lipinski definition) is 3. The van der Waals surface area contributed by atoms with Crippen LogP contribution in [-0.4, -0.2) is 85.8 Å². The zero-order valence-electron chi connectivity index (χ0n) is 41.2. The minimum atomic E-state index is -0.304. The Morgan fingerprint density at radius 3 is 0.921 bits per heavy atom. The molecule has 9 nitrogen and oxygen atoms in total. The van der Waals surface area contributed by atoms with Gasteiger partial charge < -0.3 is 16.0 Å². The number of nitrogens with zero attached hydrogens (tertiary/aromatic N) is 2. The van der Waals surface area contributed by atoms with E-state index in [1.807, 2.05) is 12.2 Å². The summed E-state index contributed by atoms with van der Waals surface area (Å²) >= 11 is 0. The zero-order chi connectivity index (χ0) is 45.3. The molecule has 0 saturated carbocycles. The zero-order valence-corrected chi connectivity index (χ0v) is 41.2. The second-order valence-corrected chi connectivity index (χ2v) is 19.0. The van der Waals surface area contributed by atoms with Gasteiger partial charge in [0.15, 0.2) is 0 Å². The third kappa shape index (κ3) is 29.7. The molecule has 0 radical (unpaired) electrons. The number of likely N-dealkylation sites (tertiary alicyclic amines) is 2. The van der Waals surface area contributed by atoms with Crippen molar-refractivity contribution in [1.29, 1.82) is 0 Å². The van der Waals surface area contributed by atoms with Crippen LogP contribution >= 0.6 is 0 Å². The molecule has 9 heteroatoms. The summed E-state index contributed by atoms with van der Waals surface area (Å²) in [6.45, 7) is 9.56. The van der Waals surface area contributed by atoms with Crippen LogP contribution in [0.2, 0.25) is 0 Å². The van der Waals surface area contributed by atoms with Crippen LogP contribution in [0.25, 0.3) is 0 Å². The van der Waals surface area contributed by atoms with Crippen LogP contribution in [0.4, 0.5) is 0 Å². The van der Waals surface area contributed by atoms with Gasteiger partial charge in [-0.15, -0.1) is 0 Å². The highest BCUT2D eigenvalue weighted by molar-refractivity contribution is 6.05. The first-order chi connectivity index (χ1) is 31.0. The molecule has 0 bridgehead atoms. The van der Waals surface area contributed by atoms with Crippen LogP contribution in [0.5, 0.6) is 0 Å². The first-order valence-electron chi connectivity index (χ1n) is 27.1. The minimum absolute atomic E-state index is 0.0612. The Bertz CT molecular complexity index is 1210. The molecule has 2 unspecified atom stereocenters. The molecular formula is C54H99N5O4. The maximum atomic E-state index is 12.9. The van der Waals surface area contributed by atoms with E-state index >= 15 is 0 Å². The largest absolute Gasteiger partial charge is 0.314 e. The molecule has 0 aromatic heterocycles. The van der Waals surface area contributed by atoms with E-state index in [0.717, 1.165) is 51.9 Å². The van der Waals surface area contributed by atoms with E-state index < -0.39 is 0 Å². The minimum Gasteiger partial charge on any atom is -0.314 e. The van der Waals surface area contributed by atoms with E-state index in [1.54, 1.807) is 0 Å². The van der Waals surface area contributed by atoms with Crippen LogP contribution < -0.4 is 16.0 Å². The molecule has 0 spiro atoms. The van der Waals surface area contributed by atoms with Crippen LogP contribution in [0, 0.1) is 11.8 Å². The average molecular weight is 882 g/mol. The SMILES string of the molecule is CCCCCCCCCCCCCCCCC=CC1CC(=O)N(CCNCCNCCNCCN2C(=O)CC(C=CCCCCCCCCCCCCCCCCCC)C2=O)C1=O. The smallest absolute Gasteiger partial charge is 0.236 e. The summed E-state index contributed by atoms with van der Waals surface area (Å²) in [5, 5.41) is 10.1. The Morgan fingerprint density at radius 1 is 0.381 bits per heavy atom. The van der Waals surface area contributed by atoms with Gasteiger partial charge in [-0.2, -0.15) is 0 Å². The van der Waals surface area contributed by atoms with Crippen LogP contribution in [-0.2, 0) is 19.2 Å². The molecule has 0 aromatic rings. The Kier molecular flexibility index (Phi) is 37.0. The highest BCUT2D eigenvalue weighted by Crippen LogP contribution is 2.23. The van der Waals surface area contributed by atoms with Crippen molar-refractivity contribution in [3.05, 3.63) is 24.3 Å². The molecule has 2 rings (SSSR count). The summed E-state index contributed by atoms with van der Waals surface area (Å²) in [6, 6.07) is 0. The second-order valence-electron chi connectivity index (χ2n) is 19.0. The second kappa shape index (κ2) is 41.1. The third-order valence-electron chi connectivity index (χ3n) is 13.2. The normalized spacial score (nSPS) is 17.0. The first kappa shape index (κ1) is 56.8. The van der Waals surface area contributed by atoms with Crippen molar-refractivity contribution in [2.45, 2.75) is 232 Å². The van der Waals surface area contributed by atoms with E-state index in [1.165, 1.54) is 190 Å². The molecule has 3 N–H and O–H groups in total. The van der Waals surface area contributed by atoms with Crippen LogP contribution in [0.15, 0.2) is 24.3 Å². The summed E-state index contributed by atoms with van der Waals surface area (Å²) in [5.74, 6) is -0.866. The molecule has 63 heavy (non-hydrogen) atoms. The molecule has 0 aliphatic carbocycles. The first-order valence-corrected chi connectivity index (χ1v) is 27.1. The lowest BCUT2D eigenvalue weighted by molar-refractivity contribution is -0.140. The van der Waals surface area contributed by atoms with Crippen molar-refractivity contribution in [2.24, 2.45) is 11.8 Å². The van der Waals surface area contributed by atoms with Crippen LogP contribution in [0.1, 0.15) is 232 Å². The lowest BCUT2D eigenvalue weighted by atomic mass is 10.0. The van der Waals surface area contributed by atoms with E-state index in [2.05, 4.69) is 41.9 Å². The molecule has 2 aliphatic rings. The number of carbonyl (C=O) groups excluding carboxylic acids is 4. The van der Waals surface area contributed by atoms with E-state index in [4.69, 9.17) is 0 Å². The molecular weight excluding hydrogens is 783 g/mol. The highest BCUT2D eigenvalue weighted by Gasteiger charge is 2.37. The van der Waals surface area contributed by atoms with Gasteiger partial charge in [0.1, 0.15) is 0 Å². The van der Waals surface area contributed by atoms with Gasteiger partial charge in [0.05, 0.1) is 11.8 Å². The van der Waals surface area contributed by atoms with Crippen molar-refractivity contribution >= 4 is 23.6 Å². The maximum Gasteiger partial charge on any atom is 0.236 e. The van der Waals surface area contributed by atoms with Gasteiger partial charge in [-0.25, -0.2) is 0 Å². The Morgan fingerprint density at radius 2 is 0.635 bits per heavy atom. The highest BCUT2D eigenvalue weighted by atomic mass is 16.2. The lowest BCUT2D eigenvalue weighted by Gasteiger charge is -2.15. The van der Waals surface area contributed by atoms with Gasteiger partial charge in [-0.3, -0.25) is 29.0 Å². The number of nitrogens with one attached hydrogen (secondary N) is 3. The topological polar surface area (TPSA) is 111 Å². The van der Waals surface area contributed by atoms with Crippen LogP contribution in [0.3, 0.4) is 0 Å². The fourth-order valence-corrected chi connectivity index (χ4v) is 9.09. The number of rotatable bonds is 46. The molecule has 0 aromatic carbocycles. The van der Waals surface area contributed by atoms with Crippen molar-refractivity contribution in [3.63, 3.8) is 0 Å². The summed E-state index contributed by atoms with van der Waals surface area (Å²) < 4.78 is 0. The van der Waals surface area contributed by atoms with Gasteiger partial charge in [-0.1, -0.05) is 218 Å².